The van der Waals surface area contributed by atoms with Crippen molar-refractivity contribution in [1.82, 2.24) is 10.6 Å². The molecule has 0 heterocycles. The minimum Gasteiger partial charge on any atom is -0.449 e. The average Bonchev–Trinajstić information content (AvgIpc) is 3.66. The lowest BCUT2D eigenvalue weighted by molar-refractivity contribution is -0.123. The van der Waals surface area contributed by atoms with Crippen LogP contribution in [0.5, 0.6) is 5.75 Å². The summed E-state index contributed by atoms with van der Waals surface area (Å²) in [5.74, 6) is 0.439. The van der Waals surface area contributed by atoms with E-state index < -0.39 is 18.2 Å². The van der Waals surface area contributed by atoms with Crippen LogP contribution >= 0.6 is 0 Å². The summed E-state index contributed by atoms with van der Waals surface area (Å²) in [6.45, 7) is 0.459. The largest absolute Gasteiger partial charge is 0.449 e. The molecule has 3 amide bonds. The topological polar surface area (TPSA) is 120 Å². The fourth-order valence-electron chi connectivity index (χ4n) is 4.80. The molecule has 8 heteroatoms. The van der Waals surface area contributed by atoms with E-state index in [2.05, 4.69) is 34.9 Å². The van der Waals surface area contributed by atoms with E-state index in [9.17, 15) is 14.4 Å². The summed E-state index contributed by atoms with van der Waals surface area (Å²) in [6, 6.07) is 22.3. The van der Waals surface area contributed by atoms with Gasteiger partial charge in [0.05, 0.1) is 0 Å². The first-order valence-electron chi connectivity index (χ1n) is 12.4. The van der Waals surface area contributed by atoms with Gasteiger partial charge in [-0.15, -0.1) is 0 Å². The van der Waals surface area contributed by atoms with E-state index in [1.54, 1.807) is 24.3 Å². The number of carbonyl (C=O) groups is 3. The second-order valence-corrected chi connectivity index (χ2v) is 9.48. The molecule has 2 aliphatic carbocycles. The Hall–Kier alpha value is -4.33. The highest BCUT2D eigenvalue weighted by molar-refractivity contribution is 5.85. The SMILES string of the molecule is NC(=O)Oc1ccc(CNC(=O)[C@H](CC2CC2)NC(=O)OCC2c3ccccc3-c3ccccc32)cc1. The van der Waals surface area contributed by atoms with Gasteiger partial charge in [-0.25, -0.2) is 9.59 Å². The van der Waals surface area contributed by atoms with Gasteiger partial charge < -0.3 is 25.8 Å². The summed E-state index contributed by atoms with van der Waals surface area (Å²) in [5, 5.41) is 5.66. The molecule has 0 aliphatic heterocycles. The predicted octanol–water partition coefficient (Wildman–Crippen LogP) is 4.47. The van der Waals surface area contributed by atoms with E-state index in [0.29, 0.717) is 18.1 Å². The number of benzene rings is 3. The average molecular weight is 500 g/mol. The number of ether oxygens (including phenoxy) is 2. The van der Waals surface area contributed by atoms with Crippen LogP contribution in [-0.2, 0) is 16.1 Å². The van der Waals surface area contributed by atoms with Crippen LogP contribution in [0.3, 0.4) is 0 Å². The van der Waals surface area contributed by atoms with Crippen LogP contribution < -0.4 is 21.1 Å². The lowest BCUT2D eigenvalue weighted by atomic mass is 9.98. The van der Waals surface area contributed by atoms with Gasteiger partial charge in [-0.2, -0.15) is 0 Å². The number of rotatable bonds is 9. The van der Waals surface area contributed by atoms with Crippen molar-refractivity contribution in [2.75, 3.05) is 6.61 Å². The third kappa shape index (κ3) is 5.91. The summed E-state index contributed by atoms with van der Waals surface area (Å²) in [6.07, 6.45) is 1.19. The molecule has 5 rings (SSSR count). The van der Waals surface area contributed by atoms with Crippen LogP contribution in [0.1, 0.15) is 41.9 Å². The van der Waals surface area contributed by atoms with Crippen LogP contribution in [0.25, 0.3) is 11.1 Å². The highest BCUT2D eigenvalue weighted by atomic mass is 16.6. The summed E-state index contributed by atoms with van der Waals surface area (Å²) in [5.41, 5.74) is 10.4. The maximum atomic E-state index is 12.9. The summed E-state index contributed by atoms with van der Waals surface area (Å²) < 4.78 is 10.5. The molecule has 8 nitrogen and oxygen atoms in total. The maximum Gasteiger partial charge on any atom is 0.409 e. The Bertz CT molecular complexity index is 1260. The van der Waals surface area contributed by atoms with Crippen LogP contribution in [0, 0.1) is 5.92 Å². The molecule has 4 N–H and O–H groups in total. The molecule has 1 atom stereocenters. The third-order valence-electron chi connectivity index (χ3n) is 6.83. The Morgan fingerprint density at radius 1 is 0.892 bits per heavy atom. The number of alkyl carbamates (subject to hydrolysis) is 1. The Kier molecular flexibility index (Phi) is 7.07. The van der Waals surface area contributed by atoms with Gasteiger partial charge in [-0.3, -0.25) is 4.79 Å². The van der Waals surface area contributed by atoms with Gasteiger partial charge in [0.25, 0.3) is 0 Å². The van der Waals surface area contributed by atoms with Gasteiger partial charge in [-0.05, 0) is 52.3 Å². The van der Waals surface area contributed by atoms with E-state index in [0.717, 1.165) is 40.7 Å². The van der Waals surface area contributed by atoms with E-state index in [1.165, 1.54) is 0 Å². The van der Waals surface area contributed by atoms with Gasteiger partial charge in [-0.1, -0.05) is 73.5 Å². The van der Waals surface area contributed by atoms with Crippen molar-refractivity contribution in [2.45, 2.75) is 37.8 Å². The molecule has 1 saturated carbocycles. The van der Waals surface area contributed by atoms with Gasteiger partial charge in [0.2, 0.25) is 5.91 Å². The molecule has 2 aliphatic rings. The number of nitrogens with two attached hydrogens (primary N) is 1. The monoisotopic (exact) mass is 499 g/mol. The van der Waals surface area contributed by atoms with Crippen LogP contribution in [0.2, 0.25) is 0 Å². The number of hydrogen-bond donors (Lipinski definition) is 3. The van der Waals surface area contributed by atoms with Crippen molar-refractivity contribution in [3.05, 3.63) is 89.5 Å². The molecule has 0 spiro atoms. The highest BCUT2D eigenvalue weighted by Crippen LogP contribution is 2.44. The molecular weight excluding hydrogens is 470 g/mol. The zero-order valence-electron chi connectivity index (χ0n) is 20.3. The Balaban J connectivity index is 1.17. The van der Waals surface area contributed by atoms with E-state index in [4.69, 9.17) is 15.2 Å². The zero-order chi connectivity index (χ0) is 25.8. The number of primary amides is 1. The highest BCUT2D eigenvalue weighted by Gasteiger charge is 2.32. The Morgan fingerprint density at radius 2 is 1.51 bits per heavy atom. The number of nitrogens with one attached hydrogen (secondary N) is 2. The first-order chi connectivity index (χ1) is 18.0. The molecule has 1 fully saturated rings. The van der Waals surface area contributed by atoms with Crippen molar-refractivity contribution >= 4 is 18.1 Å². The smallest absolute Gasteiger partial charge is 0.409 e. The molecule has 0 saturated heterocycles. The minimum atomic E-state index is -0.886. The first-order valence-corrected chi connectivity index (χ1v) is 12.4. The number of hydrogen-bond acceptors (Lipinski definition) is 5. The molecule has 190 valence electrons. The Labute approximate surface area is 215 Å². The molecule has 0 radical (unpaired) electrons. The fourth-order valence-corrected chi connectivity index (χ4v) is 4.80. The predicted molar refractivity (Wildman–Crippen MR) is 138 cm³/mol. The van der Waals surface area contributed by atoms with Crippen molar-refractivity contribution in [3.8, 4) is 16.9 Å². The van der Waals surface area contributed by atoms with Gasteiger partial charge in [0.1, 0.15) is 18.4 Å². The van der Waals surface area contributed by atoms with E-state index in [1.807, 2.05) is 24.3 Å². The third-order valence-corrected chi connectivity index (χ3v) is 6.83. The second-order valence-electron chi connectivity index (χ2n) is 9.48. The molecule has 3 aromatic carbocycles. The van der Waals surface area contributed by atoms with Crippen LogP contribution in [0.4, 0.5) is 9.59 Å². The normalized spacial score (nSPS) is 14.7. The molecule has 3 aromatic rings. The minimum absolute atomic E-state index is 0.0459. The summed E-state index contributed by atoms with van der Waals surface area (Å²) in [7, 11) is 0. The summed E-state index contributed by atoms with van der Waals surface area (Å²) in [4.78, 5) is 36.6. The van der Waals surface area contributed by atoms with Crippen molar-refractivity contribution in [3.63, 3.8) is 0 Å². The fraction of sp³-hybridized carbons (Fsp3) is 0.276. The zero-order valence-corrected chi connectivity index (χ0v) is 20.3. The lowest BCUT2D eigenvalue weighted by Crippen LogP contribution is -2.47. The molecule has 0 aromatic heterocycles. The quantitative estimate of drug-likeness (QED) is 0.401. The summed E-state index contributed by atoms with van der Waals surface area (Å²) >= 11 is 0. The van der Waals surface area contributed by atoms with Crippen LogP contribution in [-0.4, -0.2) is 30.7 Å². The van der Waals surface area contributed by atoms with Crippen molar-refractivity contribution in [1.29, 1.82) is 0 Å². The van der Waals surface area contributed by atoms with E-state index >= 15 is 0 Å². The first kappa shape index (κ1) is 24.4. The number of fused-ring (bicyclic) bond motifs is 3. The number of carbonyl (C=O) groups excluding carboxylic acids is 3. The van der Waals surface area contributed by atoms with Crippen molar-refractivity contribution < 1.29 is 23.9 Å². The molecule has 0 unspecified atom stereocenters. The van der Waals surface area contributed by atoms with E-state index in [-0.39, 0.29) is 25.0 Å². The molecule has 37 heavy (non-hydrogen) atoms. The van der Waals surface area contributed by atoms with Gasteiger partial charge in [0.15, 0.2) is 0 Å². The standard InChI is InChI=1S/C29H29N3O5/c30-28(34)37-20-13-11-19(12-14-20)16-31-27(33)26(15-18-9-10-18)32-29(35)36-17-25-23-7-3-1-5-21(23)22-6-2-4-8-24(22)25/h1-8,11-14,18,25-26H,9-10,15-17H2,(H2,30,34)(H,31,33)(H,32,35)/t26-/m0/s1. The maximum absolute atomic E-state index is 12.9. The second kappa shape index (κ2) is 10.7. The molecule has 0 bridgehead atoms. The molecular formula is C29H29N3O5. The Morgan fingerprint density at radius 3 is 2.11 bits per heavy atom. The lowest BCUT2D eigenvalue weighted by Gasteiger charge is -2.20. The number of amides is 3. The van der Waals surface area contributed by atoms with Crippen molar-refractivity contribution in [2.24, 2.45) is 11.7 Å². The van der Waals surface area contributed by atoms with Gasteiger partial charge >= 0.3 is 12.2 Å². The van der Waals surface area contributed by atoms with Crippen LogP contribution in [0.15, 0.2) is 72.8 Å². The van der Waals surface area contributed by atoms with Gasteiger partial charge in [0, 0.05) is 12.5 Å².